The topological polar surface area (TPSA) is 66.4 Å². The SMILES string of the molecule is O=C(O)c1cc(F)ccc1NC(=O)C1CCC(F)(F)CC1. The van der Waals surface area contributed by atoms with Crippen molar-refractivity contribution in [2.75, 3.05) is 5.32 Å². The lowest BCUT2D eigenvalue weighted by atomic mass is 9.86. The van der Waals surface area contributed by atoms with Gasteiger partial charge in [-0.25, -0.2) is 18.0 Å². The summed E-state index contributed by atoms with van der Waals surface area (Å²) >= 11 is 0. The highest BCUT2D eigenvalue weighted by molar-refractivity contribution is 6.01. The molecule has 1 aliphatic carbocycles. The number of hydrogen-bond acceptors (Lipinski definition) is 2. The Kier molecular flexibility index (Phi) is 4.20. The maximum atomic E-state index is 13.0. The zero-order chi connectivity index (χ0) is 15.6. The van der Waals surface area contributed by atoms with Crippen LogP contribution >= 0.6 is 0 Å². The Bertz CT molecular complexity index is 565. The second-order valence-corrected chi connectivity index (χ2v) is 5.11. The summed E-state index contributed by atoms with van der Waals surface area (Å²) in [7, 11) is 0. The zero-order valence-electron chi connectivity index (χ0n) is 11.0. The van der Waals surface area contributed by atoms with Crippen molar-refractivity contribution in [3.63, 3.8) is 0 Å². The van der Waals surface area contributed by atoms with Crippen molar-refractivity contribution in [1.29, 1.82) is 0 Å². The van der Waals surface area contributed by atoms with E-state index in [0.29, 0.717) is 0 Å². The van der Waals surface area contributed by atoms with Crippen LogP contribution in [0.25, 0.3) is 0 Å². The molecule has 1 aromatic rings. The van der Waals surface area contributed by atoms with Gasteiger partial charge >= 0.3 is 5.97 Å². The molecule has 0 spiro atoms. The molecular weight excluding hydrogens is 287 g/mol. The first-order valence-corrected chi connectivity index (χ1v) is 6.50. The molecule has 1 aliphatic rings. The third-order valence-corrected chi connectivity index (χ3v) is 3.56. The van der Waals surface area contributed by atoms with E-state index in [9.17, 15) is 22.8 Å². The number of carbonyl (C=O) groups is 2. The Balaban J connectivity index is 2.08. The largest absolute Gasteiger partial charge is 0.478 e. The van der Waals surface area contributed by atoms with Gasteiger partial charge in [0.1, 0.15) is 5.82 Å². The summed E-state index contributed by atoms with van der Waals surface area (Å²) < 4.78 is 39.1. The second-order valence-electron chi connectivity index (χ2n) is 5.11. The zero-order valence-corrected chi connectivity index (χ0v) is 11.0. The monoisotopic (exact) mass is 301 g/mol. The third-order valence-electron chi connectivity index (χ3n) is 3.56. The normalized spacial score (nSPS) is 18.2. The van der Waals surface area contributed by atoms with Gasteiger partial charge in [0, 0.05) is 18.8 Å². The number of alkyl halides is 2. The standard InChI is InChI=1S/C14H14F3NO3/c15-9-1-2-11(10(7-9)13(20)21)18-12(19)8-3-5-14(16,17)6-4-8/h1-2,7-8H,3-6H2,(H,18,19)(H,20,21). The number of nitrogens with one attached hydrogen (secondary N) is 1. The predicted molar refractivity (Wildman–Crippen MR) is 68.9 cm³/mol. The predicted octanol–water partition coefficient (Wildman–Crippen LogP) is 3.29. The summed E-state index contributed by atoms with van der Waals surface area (Å²) in [6.45, 7) is 0. The number of benzene rings is 1. The van der Waals surface area contributed by atoms with Gasteiger partial charge in [0.2, 0.25) is 11.8 Å². The van der Waals surface area contributed by atoms with Gasteiger partial charge in [-0.05, 0) is 31.0 Å². The molecule has 0 radical (unpaired) electrons. The molecule has 1 saturated carbocycles. The lowest BCUT2D eigenvalue weighted by Gasteiger charge is -2.27. The number of rotatable bonds is 3. The van der Waals surface area contributed by atoms with Crippen molar-refractivity contribution >= 4 is 17.6 Å². The van der Waals surface area contributed by atoms with Crippen LogP contribution in [0, 0.1) is 11.7 Å². The summed E-state index contributed by atoms with van der Waals surface area (Å²) in [6.07, 6.45) is -0.633. The van der Waals surface area contributed by atoms with E-state index in [1.807, 2.05) is 0 Å². The van der Waals surface area contributed by atoms with Crippen molar-refractivity contribution in [3.8, 4) is 0 Å². The number of carboxylic acids is 1. The number of amides is 1. The summed E-state index contributed by atoms with van der Waals surface area (Å²) in [4.78, 5) is 23.0. The quantitative estimate of drug-likeness (QED) is 0.900. The first-order chi connectivity index (χ1) is 9.78. The van der Waals surface area contributed by atoms with Crippen LogP contribution in [0.3, 0.4) is 0 Å². The van der Waals surface area contributed by atoms with Crippen molar-refractivity contribution < 1.29 is 27.9 Å². The molecule has 1 aromatic carbocycles. The Hall–Kier alpha value is -2.05. The van der Waals surface area contributed by atoms with Crippen LogP contribution in [0.5, 0.6) is 0 Å². The van der Waals surface area contributed by atoms with Crippen LogP contribution in [-0.2, 0) is 4.79 Å². The van der Waals surface area contributed by atoms with E-state index in [2.05, 4.69) is 5.32 Å². The summed E-state index contributed by atoms with van der Waals surface area (Å²) in [5.41, 5.74) is -0.407. The van der Waals surface area contributed by atoms with Crippen molar-refractivity contribution in [1.82, 2.24) is 0 Å². The van der Waals surface area contributed by atoms with Crippen LogP contribution in [-0.4, -0.2) is 22.9 Å². The fourth-order valence-corrected chi connectivity index (χ4v) is 2.34. The Morgan fingerprint density at radius 3 is 2.43 bits per heavy atom. The maximum absolute atomic E-state index is 13.0. The van der Waals surface area contributed by atoms with Crippen molar-refractivity contribution in [3.05, 3.63) is 29.6 Å². The van der Waals surface area contributed by atoms with Gasteiger partial charge in [0.05, 0.1) is 11.3 Å². The van der Waals surface area contributed by atoms with E-state index < -0.39 is 29.5 Å². The van der Waals surface area contributed by atoms with Gasteiger partial charge < -0.3 is 10.4 Å². The fraction of sp³-hybridized carbons (Fsp3) is 0.429. The van der Waals surface area contributed by atoms with E-state index in [4.69, 9.17) is 5.11 Å². The minimum absolute atomic E-state index is 0.0359. The molecule has 2 N–H and O–H groups in total. The number of halogens is 3. The second kappa shape index (κ2) is 5.75. The molecule has 0 unspecified atom stereocenters. The lowest BCUT2D eigenvalue weighted by Crippen LogP contribution is -2.32. The molecule has 0 bridgehead atoms. The number of hydrogen-bond donors (Lipinski definition) is 2. The minimum atomic E-state index is -2.74. The average molecular weight is 301 g/mol. The molecule has 1 amide bonds. The molecule has 1 fully saturated rings. The van der Waals surface area contributed by atoms with Gasteiger partial charge in [0.15, 0.2) is 0 Å². The van der Waals surface area contributed by atoms with Gasteiger partial charge in [-0.3, -0.25) is 4.79 Å². The summed E-state index contributed by atoms with van der Waals surface area (Å²) in [6, 6.07) is 2.97. The van der Waals surface area contributed by atoms with Crippen LogP contribution in [0.2, 0.25) is 0 Å². The highest BCUT2D eigenvalue weighted by Crippen LogP contribution is 2.36. The van der Waals surface area contributed by atoms with E-state index in [0.717, 1.165) is 18.2 Å². The molecule has 2 rings (SSSR count). The van der Waals surface area contributed by atoms with E-state index in [1.165, 1.54) is 0 Å². The molecule has 0 aliphatic heterocycles. The lowest BCUT2D eigenvalue weighted by molar-refractivity contribution is -0.124. The molecule has 4 nitrogen and oxygen atoms in total. The highest BCUT2D eigenvalue weighted by atomic mass is 19.3. The highest BCUT2D eigenvalue weighted by Gasteiger charge is 2.37. The summed E-state index contributed by atoms with van der Waals surface area (Å²) in [5.74, 6) is -5.95. The number of carboxylic acid groups (broad SMARTS) is 1. The minimum Gasteiger partial charge on any atom is -0.478 e. The molecule has 21 heavy (non-hydrogen) atoms. The number of aromatic carboxylic acids is 1. The van der Waals surface area contributed by atoms with E-state index in [-0.39, 0.29) is 36.9 Å². The van der Waals surface area contributed by atoms with Crippen molar-refractivity contribution in [2.24, 2.45) is 5.92 Å². The third kappa shape index (κ3) is 3.74. The molecular formula is C14H14F3NO3. The van der Waals surface area contributed by atoms with E-state index >= 15 is 0 Å². The Labute approximate surface area is 119 Å². The fourth-order valence-electron chi connectivity index (χ4n) is 2.34. The van der Waals surface area contributed by atoms with Crippen LogP contribution in [0.4, 0.5) is 18.9 Å². The average Bonchev–Trinajstić information content (AvgIpc) is 2.40. The van der Waals surface area contributed by atoms with Gasteiger partial charge in [-0.1, -0.05) is 0 Å². The van der Waals surface area contributed by atoms with Crippen LogP contribution in [0.15, 0.2) is 18.2 Å². The first kappa shape index (κ1) is 15.3. The first-order valence-electron chi connectivity index (χ1n) is 6.50. The smallest absolute Gasteiger partial charge is 0.337 e. The maximum Gasteiger partial charge on any atom is 0.337 e. The molecule has 114 valence electrons. The number of carbonyl (C=O) groups excluding carboxylic acids is 1. The molecule has 7 heteroatoms. The van der Waals surface area contributed by atoms with Gasteiger partial charge in [-0.2, -0.15) is 0 Å². The van der Waals surface area contributed by atoms with Gasteiger partial charge in [-0.15, -0.1) is 0 Å². The van der Waals surface area contributed by atoms with Crippen LogP contribution < -0.4 is 5.32 Å². The number of anilines is 1. The Morgan fingerprint density at radius 2 is 1.86 bits per heavy atom. The molecule has 0 heterocycles. The molecule has 0 saturated heterocycles. The molecule has 0 aromatic heterocycles. The van der Waals surface area contributed by atoms with Crippen LogP contribution in [0.1, 0.15) is 36.0 Å². The molecule has 0 atom stereocenters. The Morgan fingerprint density at radius 1 is 1.24 bits per heavy atom. The van der Waals surface area contributed by atoms with Gasteiger partial charge in [0.25, 0.3) is 0 Å². The van der Waals surface area contributed by atoms with E-state index in [1.54, 1.807) is 0 Å². The van der Waals surface area contributed by atoms with Crippen molar-refractivity contribution in [2.45, 2.75) is 31.6 Å². The summed E-state index contributed by atoms with van der Waals surface area (Å²) in [5, 5.41) is 11.3.